The molecule has 1 heterocycles. The number of hydrogen-bond acceptors (Lipinski definition) is 3. The summed E-state index contributed by atoms with van der Waals surface area (Å²) in [5.41, 5.74) is 2.18. The number of aryl methyl sites for hydroxylation is 1. The number of hydrogen-bond donors (Lipinski definition) is 1. The van der Waals surface area contributed by atoms with Crippen molar-refractivity contribution < 1.29 is 13.2 Å². The first-order valence-electron chi connectivity index (χ1n) is 10.3. The average Bonchev–Trinajstić information content (AvgIpc) is 3.27. The maximum absolute atomic E-state index is 13.0. The van der Waals surface area contributed by atoms with Crippen LogP contribution in [0.2, 0.25) is 0 Å². The molecule has 1 aliphatic heterocycles. The van der Waals surface area contributed by atoms with Crippen molar-refractivity contribution in [3.63, 3.8) is 0 Å². The molecule has 3 aromatic rings. The van der Waals surface area contributed by atoms with E-state index in [1.54, 1.807) is 24.3 Å². The van der Waals surface area contributed by atoms with Crippen LogP contribution in [0.3, 0.4) is 0 Å². The molecule has 0 radical (unpaired) electrons. The number of rotatable bonds is 6. The molecule has 0 spiro atoms. The van der Waals surface area contributed by atoms with Crippen molar-refractivity contribution in [3.8, 4) is 0 Å². The molecule has 0 aromatic heterocycles. The number of nitrogens with zero attached hydrogens (tertiary/aromatic N) is 1. The van der Waals surface area contributed by atoms with Gasteiger partial charge in [0.15, 0.2) is 0 Å². The molecule has 4 rings (SSSR count). The third-order valence-corrected chi connectivity index (χ3v) is 7.32. The first-order valence-corrected chi connectivity index (χ1v) is 11.8. The Bertz CT molecular complexity index is 1150. The number of fused-ring (bicyclic) bond motifs is 1. The summed E-state index contributed by atoms with van der Waals surface area (Å²) >= 11 is 0. The summed E-state index contributed by atoms with van der Waals surface area (Å²) < 4.78 is 26.0. The molecule has 0 aliphatic carbocycles. The zero-order valence-electron chi connectivity index (χ0n) is 17.0. The highest BCUT2D eigenvalue weighted by molar-refractivity contribution is 7.89. The summed E-state index contributed by atoms with van der Waals surface area (Å²) in [7, 11) is -2.05. The first kappa shape index (κ1) is 20.6. The van der Waals surface area contributed by atoms with Crippen molar-refractivity contribution in [2.24, 2.45) is 0 Å². The minimum atomic E-state index is -3.44. The molecule has 156 valence electrons. The number of nitrogens with one attached hydrogen (secondary N) is 1. The van der Waals surface area contributed by atoms with Crippen molar-refractivity contribution in [1.82, 2.24) is 9.62 Å². The van der Waals surface area contributed by atoms with Gasteiger partial charge in [0.05, 0.1) is 10.9 Å². The van der Waals surface area contributed by atoms with Crippen molar-refractivity contribution in [2.45, 2.75) is 36.6 Å². The van der Waals surface area contributed by atoms with E-state index in [9.17, 15) is 13.2 Å². The fraction of sp³-hybridized carbons (Fsp3) is 0.292. The number of sulfonamides is 1. The lowest BCUT2D eigenvalue weighted by Crippen LogP contribution is -2.30. The average molecular weight is 423 g/mol. The summed E-state index contributed by atoms with van der Waals surface area (Å²) in [6, 6.07) is 21.5. The van der Waals surface area contributed by atoms with Crippen LogP contribution in [0.15, 0.2) is 71.6 Å². The van der Waals surface area contributed by atoms with Gasteiger partial charge < -0.3 is 4.90 Å². The highest BCUT2D eigenvalue weighted by Crippen LogP contribution is 2.36. The van der Waals surface area contributed by atoms with Gasteiger partial charge in [0, 0.05) is 13.0 Å². The van der Waals surface area contributed by atoms with Crippen LogP contribution in [-0.2, 0) is 21.2 Å². The van der Waals surface area contributed by atoms with Crippen LogP contribution in [0.5, 0.6) is 0 Å². The van der Waals surface area contributed by atoms with Crippen LogP contribution in [0, 0.1) is 0 Å². The standard InChI is InChI=1S/C24H26N2O3S/c1-25-30(28,29)20-14-11-18(12-15-20)13-16-24(27)26-17-5-10-23(26)22-9-4-7-19-6-2-3-8-21(19)22/h2-4,6-9,11-12,14-15,23,25H,5,10,13,16-17H2,1H3. The van der Waals surface area contributed by atoms with Gasteiger partial charge in [0.25, 0.3) is 0 Å². The van der Waals surface area contributed by atoms with E-state index >= 15 is 0 Å². The Morgan fingerprint density at radius 1 is 1.03 bits per heavy atom. The maximum Gasteiger partial charge on any atom is 0.240 e. The van der Waals surface area contributed by atoms with Gasteiger partial charge >= 0.3 is 0 Å². The van der Waals surface area contributed by atoms with Gasteiger partial charge in [-0.3, -0.25) is 4.79 Å². The summed E-state index contributed by atoms with van der Waals surface area (Å²) in [5.74, 6) is 0.150. The highest BCUT2D eigenvalue weighted by atomic mass is 32.2. The molecule has 1 N–H and O–H groups in total. The Morgan fingerprint density at radius 3 is 2.53 bits per heavy atom. The van der Waals surface area contributed by atoms with Gasteiger partial charge in [-0.05, 0) is 60.3 Å². The molecule has 30 heavy (non-hydrogen) atoms. The van der Waals surface area contributed by atoms with Crippen molar-refractivity contribution in [1.29, 1.82) is 0 Å². The number of likely N-dealkylation sites (tertiary alicyclic amines) is 1. The third kappa shape index (κ3) is 4.11. The SMILES string of the molecule is CNS(=O)(=O)c1ccc(CCC(=O)N2CCCC2c2cccc3ccccc23)cc1. The summed E-state index contributed by atoms with van der Waals surface area (Å²) in [6.45, 7) is 0.784. The van der Waals surface area contributed by atoms with Gasteiger partial charge in [-0.2, -0.15) is 0 Å². The smallest absolute Gasteiger partial charge is 0.240 e. The van der Waals surface area contributed by atoms with Crippen LogP contribution >= 0.6 is 0 Å². The molecular weight excluding hydrogens is 396 g/mol. The van der Waals surface area contributed by atoms with E-state index < -0.39 is 10.0 Å². The van der Waals surface area contributed by atoms with Crippen molar-refractivity contribution in [2.75, 3.05) is 13.6 Å². The Morgan fingerprint density at radius 2 is 1.77 bits per heavy atom. The first-order chi connectivity index (χ1) is 14.5. The quantitative estimate of drug-likeness (QED) is 0.652. The van der Waals surface area contributed by atoms with Crippen LogP contribution in [-0.4, -0.2) is 32.8 Å². The number of carbonyl (C=O) groups is 1. The molecule has 1 saturated heterocycles. The van der Waals surface area contributed by atoms with Gasteiger partial charge in [-0.15, -0.1) is 0 Å². The topological polar surface area (TPSA) is 66.5 Å². The second-order valence-electron chi connectivity index (χ2n) is 7.67. The van der Waals surface area contributed by atoms with Gasteiger partial charge in [-0.1, -0.05) is 54.6 Å². The lowest BCUT2D eigenvalue weighted by molar-refractivity contribution is -0.132. The molecule has 0 bridgehead atoms. The van der Waals surface area contributed by atoms with Gasteiger partial charge in [0.2, 0.25) is 15.9 Å². The maximum atomic E-state index is 13.0. The van der Waals surface area contributed by atoms with Crippen LogP contribution in [0.25, 0.3) is 10.8 Å². The normalized spacial score (nSPS) is 16.8. The molecule has 3 aromatic carbocycles. The van der Waals surface area contributed by atoms with Crippen molar-refractivity contribution in [3.05, 3.63) is 77.9 Å². The fourth-order valence-electron chi connectivity index (χ4n) is 4.28. The molecule has 1 unspecified atom stereocenters. The van der Waals surface area contributed by atoms with Gasteiger partial charge in [-0.25, -0.2) is 13.1 Å². The molecule has 1 amide bonds. The lowest BCUT2D eigenvalue weighted by Gasteiger charge is -2.26. The number of amides is 1. The van der Waals surface area contributed by atoms with E-state index in [1.807, 2.05) is 17.0 Å². The number of benzene rings is 3. The minimum Gasteiger partial charge on any atom is -0.336 e. The monoisotopic (exact) mass is 422 g/mol. The zero-order chi connectivity index (χ0) is 21.1. The molecule has 1 atom stereocenters. The van der Waals surface area contributed by atoms with E-state index in [4.69, 9.17) is 0 Å². The third-order valence-electron chi connectivity index (χ3n) is 5.89. The van der Waals surface area contributed by atoms with Crippen LogP contribution in [0.1, 0.15) is 36.4 Å². The van der Waals surface area contributed by atoms with E-state index in [1.165, 1.54) is 23.4 Å². The molecule has 0 saturated carbocycles. The molecule has 1 aliphatic rings. The van der Waals surface area contributed by atoms with E-state index in [-0.39, 0.29) is 16.8 Å². The fourth-order valence-corrected chi connectivity index (χ4v) is 5.01. The molecule has 6 heteroatoms. The Balaban J connectivity index is 1.47. The van der Waals surface area contributed by atoms with Crippen molar-refractivity contribution >= 4 is 26.7 Å². The van der Waals surface area contributed by atoms with E-state index in [0.717, 1.165) is 24.9 Å². The Labute approximate surface area is 177 Å². The van der Waals surface area contributed by atoms with E-state index in [0.29, 0.717) is 12.8 Å². The molecule has 5 nitrogen and oxygen atoms in total. The lowest BCUT2D eigenvalue weighted by atomic mass is 9.97. The number of carbonyl (C=O) groups excluding carboxylic acids is 1. The summed E-state index contributed by atoms with van der Waals surface area (Å²) in [4.78, 5) is 15.3. The second-order valence-corrected chi connectivity index (χ2v) is 9.55. The highest BCUT2D eigenvalue weighted by Gasteiger charge is 2.30. The van der Waals surface area contributed by atoms with Crippen LogP contribution < -0.4 is 4.72 Å². The van der Waals surface area contributed by atoms with Gasteiger partial charge in [0.1, 0.15) is 0 Å². The van der Waals surface area contributed by atoms with E-state index in [2.05, 4.69) is 35.1 Å². The largest absolute Gasteiger partial charge is 0.336 e. The minimum absolute atomic E-state index is 0.117. The predicted octanol–water partition coefficient (Wildman–Crippen LogP) is 4.04. The molecule has 1 fully saturated rings. The Kier molecular flexibility index (Phi) is 5.88. The summed E-state index contributed by atoms with van der Waals surface area (Å²) in [5, 5.41) is 2.41. The summed E-state index contributed by atoms with van der Waals surface area (Å²) in [6.07, 6.45) is 3.00. The van der Waals surface area contributed by atoms with Crippen LogP contribution in [0.4, 0.5) is 0 Å². The Hall–Kier alpha value is -2.70. The second kappa shape index (κ2) is 8.58. The molecular formula is C24H26N2O3S. The predicted molar refractivity (Wildman–Crippen MR) is 119 cm³/mol. The zero-order valence-corrected chi connectivity index (χ0v) is 17.9.